The van der Waals surface area contributed by atoms with Crippen LogP contribution in [0, 0.1) is 0 Å². The van der Waals surface area contributed by atoms with E-state index in [1.54, 1.807) is 25.3 Å². The Morgan fingerprint density at radius 2 is 1.89 bits per heavy atom. The van der Waals surface area contributed by atoms with Crippen molar-refractivity contribution in [2.45, 2.75) is 13.3 Å². The van der Waals surface area contributed by atoms with Crippen molar-refractivity contribution in [3.05, 3.63) is 65.0 Å². The average molecular weight is 382 g/mol. The van der Waals surface area contributed by atoms with Crippen molar-refractivity contribution >= 4 is 22.4 Å². The molecule has 1 N–H and O–H groups in total. The van der Waals surface area contributed by atoms with E-state index in [0.717, 1.165) is 17.7 Å². The van der Waals surface area contributed by atoms with Gasteiger partial charge in [-0.05, 0) is 24.1 Å². The Morgan fingerprint density at radius 1 is 1.11 bits per heavy atom. The van der Waals surface area contributed by atoms with Gasteiger partial charge in [0.2, 0.25) is 0 Å². The predicted octanol–water partition coefficient (Wildman–Crippen LogP) is 4.65. The molecule has 3 aromatic rings. The van der Waals surface area contributed by atoms with Gasteiger partial charge in [0.15, 0.2) is 5.13 Å². The zero-order valence-corrected chi connectivity index (χ0v) is 16.2. The highest BCUT2D eigenvalue weighted by Gasteiger charge is 2.14. The summed E-state index contributed by atoms with van der Waals surface area (Å²) in [5.74, 6) is 0.282. The Bertz CT molecular complexity index is 890. The van der Waals surface area contributed by atoms with Gasteiger partial charge in [-0.25, -0.2) is 4.98 Å². The Hall–Kier alpha value is -2.70. The van der Waals surface area contributed by atoms with Crippen molar-refractivity contribution in [2.24, 2.45) is 0 Å². The van der Waals surface area contributed by atoms with Crippen LogP contribution in [-0.2, 0) is 11.2 Å². The van der Waals surface area contributed by atoms with Gasteiger partial charge in [0.25, 0.3) is 5.91 Å². The van der Waals surface area contributed by atoms with E-state index < -0.39 is 0 Å². The summed E-state index contributed by atoms with van der Waals surface area (Å²) in [6.07, 6.45) is 1.00. The number of hydrogen-bond donors (Lipinski definition) is 1. The smallest absolute Gasteiger partial charge is 0.261 e. The SMILES string of the molecule is CCc1ccc(-c2csc(NC(=O)c3ccccc3OCCOC)n2)cc1. The number of thiazole rings is 1. The Morgan fingerprint density at radius 3 is 2.63 bits per heavy atom. The Balaban J connectivity index is 1.71. The lowest BCUT2D eigenvalue weighted by atomic mass is 10.1. The molecule has 27 heavy (non-hydrogen) atoms. The number of methoxy groups -OCH3 is 1. The molecule has 0 aliphatic rings. The third-order valence-corrected chi connectivity index (χ3v) is 4.82. The molecule has 0 saturated heterocycles. The van der Waals surface area contributed by atoms with Crippen LogP contribution >= 0.6 is 11.3 Å². The summed E-state index contributed by atoms with van der Waals surface area (Å²) >= 11 is 1.40. The Labute approximate surface area is 163 Å². The minimum atomic E-state index is -0.245. The molecule has 1 heterocycles. The van der Waals surface area contributed by atoms with Gasteiger partial charge >= 0.3 is 0 Å². The molecule has 0 unspecified atom stereocenters. The molecule has 1 aromatic heterocycles. The first-order chi connectivity index (χ1) is 13.2. The number of benzene rings is 2. The topological polar surface area (TPSA) is 60.5 Å². The molecule has 5 nitrogen and oxygen atoms in total. The fraction of sp³-hybridized carbons (Fsp3) is 0.238. The van der Waals surface area contributed by atoms with Crippen LogP contribution in [0.1, 0.15) is 22.8 Å². The molecule has 0 bridgehead atoms. The number of hydrogen-bond acceptors (Lipinski definition) is 5. The summed E-state index contributed by atoms with van der Waals surface area (Å²) in [5.41, 5.74) is 3.64. The number of aromatic nitrogens is 1. The maximum Gasteiger partial charge on any atom is 0.261 e. The third kappa shape index (κ3) is 4.93. The van der Waals surface area contributed by atoms with Crippen molar-refractivity contribution in [3.63, 3.8) is 0 Å². The van der Waals surface area contributed by atoms with E-state index in [4.69, 9.17) is 9.47 Å². The number of carbonyl (C=O) groups is 1. The summed E-state index contributed by atoms with van der Waals surface area (Å²) in [6.45, 7) is 2.97. The largest absolute Gasteiger partial charge is 0.490 e. The van der Waals surface area contributed by atoms with Crippen molar-refractivity contribution in [1.29, 1.82) is 0 Å². The highest BCUT2D eigenvalue weighted by molar-refractivity contribution is 7.14. The van der Waals surface area contributed by atoms with E-state index in [9.17, 15) is 4.79 Å². The van der Waals surface area contributed by atoms with E-state index >= 15 is 0 Å². The summed E-state index contributed by atoms with van der Waals surface area (Å²) < 4.78 is 10.6. The van der Waals surface area contributed by atoms with Crippen molar-refractivity contribution < 1.29 is 14.3 Å². The van der Waals surface area contributed by atoms with Gasteiger partial charge in [-0.1, -0.05) is 43.3 Å². The maximum atomic E-state index is 12.6. The standard InChI is InChI=1S/C21H22N2O3S/c1-3-15-8-10-16(11-9-15)18-14-27-21(22-18)23-20(24)17-6-4-5-7-19(17)26-13-12-25-2/h4-11,14H,3,12-13H2,1-2H3,(H,22,23,24). The monoisotopic (exact) mass is 382 g/mol. The minimum Gasteiger partial charge on any atom is -0.490 e. The molecule has 0 atom stereocenters. The average Bonchev–Trinajstić information content (AvgIpc) is 3.17. The molecule has 140 valence electrons. The number of ether oxygens (including phenoxy) is 2. The molecule has 2 aromatic carbocycles. The second-order valence-electron chi connectivity index (χ2n) is 5.88. The summed E-state index contributed by atoms with van der Waals surface area (Å²) in [5, 5.41) is 5.36. The van der Waals surface area contributed by atoms with E-state index in [0.29, 0.717) is 29.7 Å². The lowest BCUT2D eigenvalue weighted by Crippen LogP contribution is -2.14. The summed E-state index contributed by atoms with van der Waals surface area (Å²) in [4.78, 5) is 17.2. The quantitative estimate of drug-likeness (QED) is 0.576. The molecule has 0 fully saturated rings. The van der Waals surface area contributed by atoms with Gasteiger partial charge in [-0.15, -0.1) is 11.3 Å². The molecular formula is C21H22N2O3S. The number of para-hydroxylation sites is 1. The predicted molar refractivity (Wildman–Crippen MR) is 109 cm³/mol. The highest BCUT2D eigenvalue weighted by atomic mass is 32.1. The fourth-order valence-electron chi connectivity index (χ4n) is 2.55. The zero-order valence-electron chi connectivity index (χ0n) is 15.4. The van der Waals surface area contributed by atoms with Crippen LogP contribution < -0.4 is 10.1 Å². The molecule has 3 rings (SSSR count). The lowest BCUT2D eigenvalue weighted by molar-refractivity contribution is 0.101. The van der Waals surface area contributed by atoms with Gasteiger partial charge in [-0.2, -0.15) is 0 Å². The number of rotatable bonds is 8. The first kappa shape index (κ1) is 19.1. The van der Waals surface area contributed by atoms with Crippen LogP contribution in [0.4, 0.5) is 5.13 Å². The molecule has 0 spiro atoms. The number of amides is 1. The fourth-order valence-corrected chi connectivity index (χ4v) is 3.27. The number of carbonyl (C=O) groups excluding carboxylic acids is 1. The van der Waals surface area contributed by atoms with Gasteiger partial charge in [0, 0.05) is 18.1 Å². The van der Waals surface area contributed by atoms with E-state index in [1.807, 2.05) is 11.4 Å². The van der Waals surface area contributed by atoms with Crippen LogP contribution in [0.25, 0.3) is 11.3 Å². The van der Waals surface area contributed by atoms with Crippen LogP contribution in [0.3, 0.4) is 0 Å². The van der Waals surface area contributed by atoms with Crippen molar-refractivity contribution in [2.75, 3.05) is 25.6 Å². The van der Waals surface area contributed by atoms with Gasteiger partial charge < -0.3 is 9.47 Å². The summed E-state index contributed by atoms with van der Waals surface area (Å²) in [6, 6.07) is 15.4. The highest BCUT2D eigenvalue weighted by Crippen LogP contribution is 2.26. The molecule has 0 radical (unpaired) electrons. The van der Waals surface area contributed by atoms with Gasteiger partial charge in [0.1, 0.15) is 12.4 Å². The van der Waals surface area contributed by atoms with Gasteiger partial charge in [0.05, 0.1) is 17.9 Å². The molecule has 6 heteroatoms. The Kier molecular flexibility index (Phi) is 6.57. The van der Waals surface area contributed by atoms with E-state index in [2.05, 4.69) is 41.5 Å². The zero-order chi connectivity index (χ0) is 19.1. The first-order valence-electron chi connectivity index (χ1n) is 8.78. The van der Waals surface area contributed by atoms with Gasteiger partial charge in [-0.3, -0.25) is 10.1 Å². The maximum absolute atomic E-state index is 12.6. The van der Waals surface area contributed by atoms with Crippen molar-refractivity contribution in [1.82, 2.24) is 4.98 Å². The minimum absolute atomic E-state index is 0.245. The number of nitrogens with zero attached hydrogens (tertiary/aromatic N) is 1. The second kappa shape index (κ2) is 9.30. The van der Waals surface area contributed by atoms with E-state index in [1.165, 1.54) is 16.9 Å². The van der Waals surface area contributed by atoms with E-state index in [-0.39, 0.29) is 5.91 Å². The van der Waals surface area contributed by atoms with Crippen LogP contribution in [0.5, 0.6) is 5.75 Å². The molecule has 0 aliphatic heterocycles. The number of anilines is 1. The molecule has 0 aliphatic carbocycles. The van der Waals surface area contributed by atoms with Crippen molar-refractivity contribution in [3.8, 4) is 17.0 Å². The van der Waals surface area contributed by atoms with Crippen LogP contribution in [0.15, 0.2) is 53.9 Å². The normalized spacial score (nSPS) is 10.6. The molecule has 0 saturated carbocycles. The lowest BCUT2D eigenvalue weighted by Gasteiger charge is -2.10. The summed E-state index contributed by atoms with van der Waals surface area (Å²) in [7, 11) is 1.61. The van der Waals surface area contributed by atoms with Crippen LogP contribution in [0.2, 0.25) is 0 Å². The first-order valence-corrected chi connectivity index (χ1v) is 9.66. The van der Waals surface area contributed by atoms with Crippen LogP contribution in [-0.4, -0.2) is 31.2 Å². The third-order valence-electron chi connectivity index (χ3n) is 4.06. The number of aryl methyl sites for hydroxylation is 1. The second-order valence-corrected chi connectivity index (χ2v) is 6.74. The number of nitrogens with one attached hydrogen (secondary N) is 1. The molecule has 1 amide bonds. The molecular weight excluding hydrogens is 360 g/mol.